The standard InChI is InChI=1S/C18H17NO4/c1-21-14-8-6-12(7-9-14)11-19-18(20)16-10-13-4-3-5-15(22-2)17(13)23-16/h3-10H,11H2,1-2H3,(H,19,20). The Kier molecular flexibility index (Phi) is 4.19. The van der Waals surface area contributed by atoms with E-state index in [1.54, 1.807) is 26.4 Å². The minimum Gasteiger partial charge on any atom is -0.497 e. The van der Waals surface area contributed by atoms with E-state index < -0.39 is 0 Å². The topological polar surface area (TPSA) is 60.7 Å². The molecule has 0 radical (unpaired) electrons. The predicted octanol–water partition coefficient (Wildman–Crippen LogP) is 3.38. The molecular formula is C18H17NO4. The van der Waals surface area contributed by atoms with E-state index in [4.69, 9.17) is 13.9 Å². The van der Waals surface area contributed by atoms with Crippen LogP contribution in [0.3, 0.4) is 0 Å². The molecule has 3 rings (SSSR count). The summed E-state index contributed by atoms with van der Waals surface area (Å²) in [5, 5.41) is 3.67. The Bertz CT molecular complexity index is 821. The van der Waals surface area contributed by atoms with E-state index in [0.717, 1.165) is 16.7 Å². The van der Waals surface area contributed by atoms with Crippen molar-refractivity contribution < 1.29 is 18.7 Å². The molecule has 2 aromatic carbocycles. The first-order valence-electron chi connectivity index (χ1n) is 7.19. The van der Waals surface area contributed by atoms with Crippen LogP contribution in [0.25, 0.3) is 11.0 Å². The van der Waals surface area contributed by atoms with Crippen molar-refractivity contribution in [3.8, 4) is 11.5 Å². The van der Waals surface area contributed by atoms with Gasteiger partial charge in [-0.2, -0.15) is 0 Å². The summed E-state index contributed by atoms with van der Waals surface area (Å²) < 4.78 is 16.0. The molecule has 0 bridgehead atoms. The molecular weight excluding hydrogens is 294 g/mol. The second-order valence-corrected chi connectivity index (χ2v) is 5.02. The molecule has 0 aliphatic heterocycles. The number of carbonyl (C=O) groups is 1. The lowest BCUT2D eigenvalue weighted by atomic mass is 10.2. The Morgan fingerprint density at radius 3 is 2.57 bits per heavy atom. The molecule has 0 aliphatic rings. The summed E-state index contributed by atoms with van der Waals surface area (Å²) >= 11 is 0. The maximum atomic E-state index is 12.2. The number of methoxy groups -OCH3 is 2. The monoisotopic (exact) mass is 311 g/mol. The molecule has 1 aromatic heterocycles. The highest BCUT2D eigenvalue weighted by atomic mass is 16.5. The van der Waals surface area contributed by atoms with Crippen LogP contribution in [0.1, 0.15) is 16.1 Å². The van der Waals surface area contributed by atoms with E-state index in [-0.39, 0.29) is 11.7 Å². The Morgan fingerprint density at radius 2 is 1.87 bits per heavy atom. The SMILES string of the molecule is COc1ccc(CNC(=O)c2cc3cccc(OC)c3o2)cc1. The molecule has 118 valence electrons. The van der Waals surface area contributed by atoms with Crippen LogP contribution in [0.5, 0.6) is 11.5 Å². The fourth-order valence-electron chi connectivity index (χ4n) is 2.32. The van der Waals surface area contributed by atoms with Crippen LogP contribution in [0.15, 0.2) is 52.9 Å². The summed E-state index contributed by atoms with van der Waals surface area (Å²) in [7, 11) is 3.19. The summed E-state index contributed by atoms with van der Waals surface area (Å²) in [6.07, 6.45) is 0. The Hall–Kier alpha value is -2.95. The van der Waals surface area contributed by atoms with Gasteiger partial charge in [0.05, 0.1) is 14.2 Å². The number of fused-ring (bicyclic) bond motifs is 1. The molecule has 1 heterocycles. The van der Waals surface area contributed by atoms with Gasteiger partial charge in [-0.3, -0.25) is 4.79 Å². The highest BCUT2D eigenvalue weighted by Crippen LogP contribution is 2.28. The average Bonchev–Trinajstić information content (AvgIpc) is 3.04. The molecule has 0 saturated heterocycles. The molecule has 1 amide bonds. The normalized spacial score (nSPS) is 10.5. The van der Waals surface area contributed by atoms with E-state index in [9.17, 15) is 4.79 Å². The number of nitrogens with one attached hydrogen (secondary N) is 1. The maximum Gasteiger partial charge on any atom is 0.287 e. The van der Waals surface area contributed by atoms with Gasteiger partial charge < -0.3 is 19.2 Å². The average molecular weight is 311 g/mol. The lowest BCUT2D eigenvalue weighted by Crippen LogP contribution is -2.22. The van der Waals surface area contributed by atoms with Crippen LogP contribution in [-0.2, 0) is 6.54 Å². The molecule has 0 saturated carbocycles. The van der Waals surface area contributed by atoms with E-state index in [1.807, 2.05) is 36.4 Å². The molecule has 0 aliphatic carbocycles. The lowest BCUT2D eigenvalue weighted by Gasteiger charge is -2.05. The smallest absolute Gasteiger partial charge is 0.287 e. The first-order chi connectivity index (χ1) is 11.2. The zero-order valence-corrected chi connectivity index (χ0v) is 13.0. The highest BCUT2D eigenvalue weighted by molar-refractivity contribution is 5.97. The largest absolute Gasteiger partial charge is 0.497 e. The van der Waals surface area contributed by atoms with Crippen LogP contribution < -0.4 is 14.8 Å². The van der Waals surface area contributed by atoms with Gasteiger partial charge >= 0.3 is 0 Å². The summed E-state index contributed by atoms with van der Waals surface area (Å²) in [5.74, 6) is 1.39. The Labute approximate surface area is 133 Å². The van der Waals surface area contributed by atoms with Crippen molar-refractivity contribution in [1.29, 1.82) is 0 Å². The predicted molar refractivity (Wildman–Crippen MR) is 86.9 cm³/mol. The summed E-state index contributed by atoms with van der Waals surface area (Å²) in [6, 6.07) is 14.8. The van der Waals surface area contributed by atoms with Gasteiger partial charge in [0.2, 0.25) is 0 Å². The van der Waals surface area contributed by atoms with Crippen molar-refractivity contribution in [1.82, 2.24) is 5.32 Å². The van der Waals surface area contributed by atoms with Crippen LogP contribution in [0.2, 0.25) is 0 Å². The minimum atomic E-state index is -0.265. The van der Waals surface area contributed by atoms with Crippen LogP contribution in [-0.4, -0.2) is 20.1 Å². The number of hydrogen-bond acceptors (Lipinski definition) is 4. The Morgan fingerprint density at radius 1 is 1.09 bits per heavy atom. The first-order valence-corrected chi connectivity index (χ1v) is 7.19. The van der Waals surface area contributed by atoms with Crippen molar-refractivity contribution in [3.05, 3.63) is 59.9 Å². The molecule has 0 unspecified atom stereocenters. The van der Waals surface area contributed by atoms with Crippen molar-refractivity contribution in [3.63, 3.8) is 0 Å². The van der Waals surface area contributed by atoms with Gasteiger partial charge in [-0.25, -0.2) is 0 Å². The number of amides is 1. The van der Waals surface area contributed by atoms with Gasteiger partial charge in [0.1, 0.15) is 5.75 Å². The first kappa shape index (κ1) is 15.0. The van der Waals surface area contributed by atoms with Crippen molar-refractivity contribution >= 4 is 16.9 Å². The summed E-state index contributed by atoms with van der Waals surface area (Å²) in [6.45, 7) is 0.414. The van der Waals surface area contributed by atoms with Gasteiger partial charge in [-0.1, -0.05) is 24.3 Å². The third kappa shape index (κ3) is 3.13. The van der Waals surface area contributed by atoms with E-state index in [0.29, 0.717) is 17.9 Å². The number of benzene rings is 2. The van der Waals surface area contributed by atoms with Crippen molar-refractivity contribution in [2.75, 3.05) is 14.2 Å². The third-order valence-corrected chi connectivity index (χ3v) is 3.56. The van der Waals surface area contributed by atoms with E-state index in [1.165, 1.54) is 0 Å². The van der Waals surface area contributed by atoms with E-state index in [2.05, 4.69) is 5.32 Å². The van der Waals surface area contributed by atoms with Crippen molar-refractivity contribution in [2.45, 2.75) is 6.54 Å². The maximum absolute atomic E-state index is 12.2. The summed E-state index contributed by atoms with van der Waals surface area (Å²) in [4.78, 5) is 12.2. The molecule has 23 heavy (non-hydrogen) atoms. The number of ether oxygens (including phenoxy) is 2. The third-order valence-electron chi connectivity index (χ3n) is 3.56. The van der Waals surface area contributed by atoms with Crippen LogP contribution in [0, 0.1) is 0 Å². The highest BCUT2D eigenvalue weighted by Gasteiger charge is 2.14. The quantitative estimate of drug-likeness (QED) is 0.784. The van der Waals surface area contributed by atoms with E-state index >= 15 is 0 Å². The van der Waals surface area contributed by atoms with Gasteiger partial charge in [-0.05, 0) is 29.8 Å². The lowest BCUT2D eigenvalue weighted by molar-refractivity contribution is 0.0925. The molecule has 1 N–H and O–H groups in total. The fourth-order valence-corrected chi connectivity index (χ4v) is 2.32. The number of rotatable bonds is 5. The van der Waals surface area contributed by atoms with Crippen LogP contribution >= 0.6 is 0 Å². The molecule has 0 spiro atoms. The number of carbonyl (C=O) groups excluding carboxylic acids is 1. The molecule has 0 atom stereocenters. The van der Waals surface area contributed by atoms with Crippen molar-refractivity contribution in [2.24, 2.45) is 0 Å². The molecule has 5 heteroatoms. The number of furan rings is 1. The van der Waals surface area contributed by atoms with Gasteiger partial charge in [0.25, 0.3) is 5.91 Å². The van der Waals surface area contributed by atoms with Gasteiger partial charge in [-0.15, -0.1) is 0 Å². The number of hydrogen-bond donors (Lipinski definition) is 1. The van der Waals surface area contributed by atoms with Gasteiger partial charge in [0, 0.05) is 11.9 Å². The molecule has 0 fully saturated rings. The zero-order valence-electron chi connectivity index (χ0n) is 13.0. The number of para-hydroxylation sites is 1. The van der Waals surface area contributed by atoms with Crippen LogP contribution in [0.4, 0.5) is 0 Å². The fraction of sp³-hybridized carbons (Fsp3) is 0.167. The summed E-state index contributed by atoms with van der Waals surface area (Å²) in [5.41, 5.74) is 1.55. The zero-order chi connectivity index (χ0) is 16.2. The molecule has 5 nitrogen and oxygen atoms in total. The Balaban J connectivity index is 1.72. The van der Waals surface area contributed by atoms with Gasteiger partial charge in [0.15, 0.2) is 17.1 Å². The second kappa shape index (κ2) is 6.44. The second-order valence-electron chi connectivity index (χ2n) is 5.02. The minimum absolute atomic E-state index is 0.262. The molecule has 3 aromatic rings.